The first-order chi connectivity index (χ1) is 5.12. The molecule has 0 aromatic rings. The van der Waals surface area contributed by atoms with E-state index in [4.69, 9.17) is 4.78 Å². The molecule has 0 aliphatic rings. The van der Waals surface area contributed by atoms with E-state index < -0.39 is 9.73 Å². The first-order valence-corrected chi connectivity index (χ1v) is 6.26. The van der Waals surface area contributed by atoms with Crippen molar-refractivity contribution in [1.82, 2.24) is 0 Å². The number of hydrogen-bond acceptors (Lipinski definition) is 2. The van der Waals surface area contributed by atoms with E-state index in [1.54, 1.807) is 0 Å². The summed E-state index contributed by atoms with van der Waals surface area (Å²) in [6, 6.07) is 0. The van der Waals surface area contributed by atoms with Crippen LogP contribution in [0.2, 0.25) is 0 Å². The van der Waals surface area contributed by atoms with E-state index in [2.05, 4.69) is 13.8 Å². The molecule has 0 unspecified atom stereocenters. The normalized spacial score (nSPS) is 11.8. The fourth-order valence-electron chi connectivity index (χ4n) is 0.857. The third kappa shape index (κ3) is 6.35. The lowest BCUT2D eigenvalue weighted by Gasteiger charge is -2.04. The van der Waals surface area contributed by atoms with Crippen LogP contribution in [-0.4, -0.2) is 15.7 Å². The van der Waals surface area contributed by atoms with Crippen molar-refractivity contribution in [1.29, 1.82) is 4.78 Å². The second kappa shape index (κ2) is 5.58. The van der Waals surface area contributed by atoms with Crippen LogP contribution in [0.15, 0.2) is 0 Å². The van der Waals surface area contributed by atoms with Gasteiger partial charge in [0, 0.05) is 21.2 Å². The minimum atomic E-state index is -2.21. The molecule has 0 aromatic heterocycles. The maximum atomic E-state index is 11.4. The molecule has 0 atom stereocenters. The molecular formula is C8H19NOS. The van der Waals surface area contributed by atoms with E-state index in [1.807, 2.05) is 0 Å². The minimum absolute atomic E-state index is 0.601. The molecule has 0 spiro atoms. The third-order valence-corrected chi connectivity index (χ3v) is 3.55. The van der Waals surface area contributed by atoms with Crippen molar-refractivity contribution in [3.8, 4) is 0 Å². The Kier molecular flexibility index (Phi) is 5.56. The highest BCUT2D eigenvalue weighted by Crippen LogP contribution is 2.01. The molecule has 0 bridgehead atoms. The van der Waals surface area contributed by atoms with Crippen molar-refractivity contribution in [3.05, 3.63) is 0 Å². The van der Waals surface area contributed by atoms with Crippen LogP contribution in [0.5, 0.6) is 0 Å². The average Bonchev–Trinajstić information content (AvgIpc) is 1.97. The van der Waals surface area contributed by atoms with Crippen LogP contribution in [0.25, 0.3) is 0 Å². The van der Waals surface area contributed by atoms with Crippen LogP contribution >= 0.6 is 0 Å². The summed E-state index contributed by atoms with van der Waals surface area (Å²) in [5, 5.41) is 0. The van der Waals surface area contributed by atoms with Crippen molar-refractivity contribution >= 4 is 9.73 Å². The Morgan fingerprint density at radius 1 is 1.09 bits per heavy atom. The lowest BCUT2D eigenvalue weighted by molar-refractivity contribution is 0.667. The van der Waals surface area contributed by atoms with E-state index >= 15 is 0 Å². The second-order valence-corrected chi connectivity index (χ2v) is 5.37. The Labute approximate surface area is 70.4 Å². The second-order valence-electron chi connectivity index (χ2n) is 2.93. The molecule has 0 heterocycles. The number of rotatable bonds is 6. The Balaban J connectivity index is 3.63. The summed E-state index contributed by atoms with van der Waals surface area (Å²) in [6.07, 6.45) is 3.96. The molecule has 3 heteroatoms. The zero-order valence-corrected chi connectivity index (χ0v) is 8.38. The highest BCUT2D eigenvalue weighted by Gasteiger charge is 2.03. The van der Waals surface area contributed by atoms with Crippen molar-refractivity contribution in [3.63, 3.8) is 0 Å². The molecule has 0 rings (SSSR count). The molecule has 0 radical (unpaired) electrons. The fraction of sp³-hybridized carbons (Fsp3) is 1.00. The van der Waals surface area contributed by atoms with Gasteiger partial charge in [-0.05, 0) is 12.8 Å². The monoisotopic (exact) mass is 177 g/mol. The fourth-order valence-corrected chi connectivity index (χ4v) is 2.57. The van der Waals surface area contributed by atoms with Crippen LogP contribution in [0.3, 0.4) is 0 Å². The lowest BCUT2D eigenvalue weighted by Crippen LogP contribution is -2.08. The van der Waals surface area contributed by atoms with Gasteiger partial charge in [0.05, 0.1) is 0 Å². The minimum Gasteiger partial charge on any atom is -0.253 e. The van der Waals surface area contributed by atoms with Gasteiger partial charge in [0.2, 0.25) is 0 Å². The summed E-state index contributed by atoms with van der Waals surface area (Å²) in [4.78, 5) is 0. The Morgan fingerprint density at radius 3 is 1.73 bits per heavy atom. The molecule has 0 aromatic carbocycles. The predicted molar refractivity (Wildman–Crippen MR) is 50.4 cm³/mol. The van der Waals surface area contributed by atoms with Gasteiger partial charge in [0.25, 0.3) is 0 Å². The summed E-state index contributed by atoms with van der Waals surface area (Å²) in [5.74, 6) is 1.20. The van der Waals surface area contributed by atoms with Gasteiger partial charge in [0.1, 0.15) is 0 Å². The standard InChI is InChI=1S/C8H19NOS/c1-3-5-7-11(9,10)8-6-4-2/h9H,3-8H2,1-2H3. The smallest absolute Gasteiger partial charge is 0.0441 e. The van der Waals surface area contributed by atoms with Crippen molar-refractivity contribution in [2.24, 2.45) is 0 Å². The van der Waals surface area contributed by atoms with Crippen molar-refractivity contribution < 1.29 is 4.21 Å². The average molecular weight is 177 g/mol. The van der Waals surface area contributed by atoms with Gasteiger partial charge in [-0.2, -0.15) is 0 Å². The third-order valence-electron chi connectivity index (χ3n) is 1.66. The van der Waals surface area contributed by atoms with Gasteiger partial charge < -0.3 is 0 Å². The molecule has 0 saturated heterocycles. The Hall–Kier alpha value is -0.0500. The summed E-state index contributed by atoms with van der Waals surface area (Å²) in [6.45, 7) is 4.13. The van der Waals surface area contributed by atoms with Gasteiger partial charge >= 0.3 is 0 Å². The summed E-state index contributed by atoms with van der Waals surface area (Å²) in [5.41, 5.74) is 0. The molecule has 68 valence electrons. The molecule has 0 saturated carbocycles. The van der Waals surface area contributed by atoms with Gasteiger partial charge in [-0.25, -0.2) is 4.21 Å². The molecule has 11 heavy (non-hydrogen) atoms. The van der Waals surface area contributed by atoms with Gasteiger partial charge in [-0.3, -0.25) is 4.78 Å². The van der Waals surface area contributed by atoms with Gasteiger partial charge in [-0.15, -0.1) is 0 Å². The predicted octanol–water partition coefficient (Wildman–Crippen LogP) is 2.63. The Morgan fingerprint density at radius 2 is 1.45 bits per heavy atom. The highest BCUT2D eigenvalue weighted by molar-refractivity contribution is 7.92. The maximum Gasteiger partial charge on any atom is 0.0441 e. The summed E-state index contributed by atoms with van der Waals surface area (Å²) < 4.78 is 18.8. The number of hydrogen-bond donors (Lipinski definition) is 1. The van der Waals surface area contributed by atoms with Crippen LogP contribution in [0.4, 0.5) is 0 Å². The molecule has 2 nitrogen and oxygen atoms in total. The van der Waals surface area contributed by atoms with Crippen molar-refractivity contribution in [2.75, 3.05) is 11.5 Å². The van der Waals surface area contributed by atoms with E-state index in [9.17, 15) is 4.21 Å². The largest absolute Gasteiger partial charge is 0.253 e. The quantitative estimate of drug-likeness (QED) is 0.665. The van der Waals surface area contributed by atoms with Crippen LogP contribution in [-0.2, 0) is 9.73 Å². The van der Waals surface area contributed by atoms with Crippen LogP contribution in [0.1, 0.15) is 39.5 Å². The zero-order valence-electron chi connectivity index (χ0n) is 7.56. The van der Waals surface area contributed by atoms with Gasteiger partial charge in [0.15, 0.2) is 0 Å². The lowest BCUT2D eigenvalue weighted by atomic mass is 10.4. The van der Waals surface area contributed by atoms with E-state index in [1.165, 1.54) is 0 Å². The highest BCUT2D eigenvalue weighted by atomic mass is 32.2. The summed E-state index contributed by atoms with van der Waals surface area (Å²) >= 11 is 0. The van der Waals surface area contributed by atoms with Crippen LogP contribution < -0.4 is 0 Å². The molecular weight excluding hydrogens is 158 g/mol. The SMILES string of the molecule is CCCCS(=N)(=O)CCCC. The summed E-state index contributed by atoms with van der Waals surface area (Å²) in [7, 11) is -2.21. The molecule has 1 N–H and O–H groups in total. The van der Waals surface area contributed by atoms with Crippen molar-refractivity contribution in [2.45, 2.75) is 39.5 Å². The molecule has 0 fully saturated rings. The molecule has 0 aliphatic heterocycles. The Bertz CT molecular complexity index is 159. The number of nitrogens with one attached hydrogen (secondary N) is 1. The molecule has 0 aliphatic carbocycles. The van der Waals surface area contributed by atoms with E-state index in [0.717, 1.165) is 25.7 Å². The van der Waals surface area contributed by atoms with Gasteiger partial charge in [-0.1, -0.05) is 26.7 Å². The topological polar surface area (TPSA) is 40.9 Å². The first-order valence-electron chi connectivity index (χ1n) is 4.36. The number of unbranched alkanes of at least 4 members (excludes halogenated alkanes) is 2. The first kappa shape index (κ1) is 11.0. The molecule has 0 amide bonds. The van der Waals surface area contributed by atoms with E-state index in [-0.39, 0.29) is 0 Å². The van der Waals surface area contributed by atoms with Crippen LogP contribution in [0, 0.1) is 4.78 Å². The zero-order chi connectivity index (χ0) is 8.74. The van der Waals surface area contributed by atoms with E-state index in [0.29, 0.717) is 11.5 Å². The maximum absolute atomic E-state index is 11.4.